The summed E-state index contributed by atoms with van der Waals surface area (Å²) in [4.78, 5) is 35.6. The molecule has 4 N–H and O–H groups in total. The number of nitrogens with zero attached hydrogens (tertiary/aromatic N) is 4. The molecule has 3 heterocycles. The van der Waals surface area contributed by atoms with Crippen LogP contribution in [0.15, 0.2) is 23.3 Å². The zero-order chi connectivity index (χ0) is 19.0. The number of hydrogen-bond acceptors (Lipinski definition) is 8. The molecule has 0 aromatic carbocycles. The van der Waals surface area contributed by atoms with E-state index in [1.165, 1.54) is 18.5 Å². The van der Waals surface area contributed by atoms with Crippen LogP contribution in [0.1, 0.15) is 22.4 Å². The molecule has 1 fully saturated rings. The molecular weight excluding hydrogens is 349 g/mol. The molecule has 0 bridgehead atoms. The Labute approximate surface area is 146 Å². The molecule has 2 aromatic rings. The first kappa shape index (κ1) is 18.0. The Morgan fingerprint density at radius 1 is 1.46 bits per heavy atom. The molecule has 10 nitrogen and oxygen atoms in total. The predicted molar refractivity (Wildman–Crippen MR) is 84.7 cm³/mol. The summed E-state index contributed by atoms with van der Waals surface area (Å²) < 4.78 is 20.2. The molecule has 26 heavy (non-hydrogen) atoms. The van der Waals surface area contributed by atoms with Crippen molar-refractivity contribution in [3.05, 3.63) is 40.3 Å². The molecule has 0 saturated carbocycles. The van der Waals surface area contributed by atoms with Gasteiger partial charge in [0.15, 0.2) is 18.1 Å². The second-order valence-electron chi connectivity index (χ2n) is 5.76. The summed E-state index contributed by atoms with van der Waals surface area (Å²) in [5.41, 5.74) is 4.75. The van der Waals surface area contributed by atoms with E-state index < -0.39 is 42.8 Å². The van der Waals surface area contributed by atoms with Gasteiger partial charge in [-0.2, -0.15) is 4.98 Å². The number of aromatic nitrogens is 4. The summed E-state index contributed by atoms with van der Waals surface area (Å²) in [6.45, 7) is 1.02. The Morgan fingerprint density at radius 2 is 2.19 bits per heavy atom. The number of aryl methyl sites for hydroxylation is 1. The van der Waals surface area contributed by atoms with E-state index in [0.717, 1.165) is 4.57 Å². The minimum absolute atomic E-state index is 0.0183. The number of alkyl halides is 1. The highest BCUT2D eigenvalue weighted by Crippen LogP contribution is 2.30. The topological polar surface area (TPSA) is 153 Å². The van der Waals surface area contributed by atoms with Crippen LogP contribution in [0.25, 0.3) is 11.4 Å². The maximum absolute atomic E-state index is 14.2. The van der Waals surface area contributed by atoms with E-state index in [9.17, 15) is 19.1 Å². The molecule has 138 valence electrons. The SMILES string of the molecule is Cc1cnc(-c2ccn([C@H]3O[C@H](CO)[C@@H](O)[C@H]3F)c(=O)n2)c(C(N)=O)n1. The van der Waals surface area contributed by atoms with E-state index in [-0.39, 0.29) is 17.1 Å². The minimum Gasteiger partial charge on any atom is -0.394 e. The maximum Gasteiger partial charge on any atom is 0.350 e. The molecule has 1 saturated heterocycles. The van der Waals surface area contributed by atoms with Crippen LogP contribution in [0, 0.1) is 6.92 Å². The summed E-state index contributed by atoms with van der Waals surface area (Å²) in [6.07, 6.45) is -3.49. The number of hydrogen-bond donors (Lipinski definition) is 3. The van der Waals surface area contributed by atoms with E-state index in [1.54, 1.807) is 6.92 Å². The number of halogens is 1. The van der Waals surface area contributed by atoms with Crippen LogP contribution < -0.4 is 11.4 Å². The number of aliphatic hydroxyl groups is 2. The molecule has 3 rings (SSSR count). The number of aliphatic hydroxyl groups excluding tert-OH is 2. The largest absolute Gasteiger partial charge is 0.394 e. The van der Waals surface area contributed by atoms with E-state index in [1.807, 2.05) is 0 Å². The number of carbonyl (C=O) groups excluding carboxylic acids is 1. The average molecular weight is 365 g/mol. The lowest BCUT2D eigenvalue weighted by Crippen LogP contribution is -2.33. The second kappa shape index (κ2) is 6.86. The lowest BCUT2D eigenvalue weighted by Gasteiger charge is -2.16. The third-order valence-corrected chi connectivity index (χ3v) is 3.95. The number of amides is 1. The summed E-state index contributed by atoms with van der Waals surface area (Å²) in [5.74, 6) is -0.834. The third kappa shape index (κ3) is 3.07. The number of primary amides is 1. The van der Waals surface area contributed by atoms with Gasteiger partial charge in [0.05, 0.1) is 18.0 Å². The van der Waals surface area contributed by atoms with Crippen LogP contribution in [-0.2, 0) is 4.74 Å². The normalized spacial score (nSPS) is 25.4. The quantitative estimate of drug-likeness (QED) is 0.604. The summed E-state index contributed by atoms with van der Waals surface area (Å²) in [5, 5.41) is 18.7. The van der Waals surface area contributed by atoms with Crippen molar-refractivity contribution in [3.8, 4) is 11.4 Å². The van der Waals surface area contributed by atoms with E-state index >= 15 is 0 Å². The first-order valence-electron chi connectivity index (χ1n) is 7.65. The van der Waals surface area contributed by atoms with Crippen molar-refractivity contribution in [2.45, 2.75) is 31.5 Å². The monoisotopic (exact) mass is 365 g/mol. The van der Waals surface area contributed by atoms with Crippen molar-refractivity contribution in [3.63, 3.8) is 0 Å². The lowest BCUT2D eigenvalue weighted by atomic mass is 10.1. The van der Waals surface area contributed by atoms with Crippen molar-refractivity contribution in [2.75, 3.05) is 6.61 Å². The van der Waals surface area contributed by atoms with E-state index in [0.29, 0.717) is 5.69 Å². The van der Waals surface area contributed by atoms with E-state index in [4.69, 9.17) is 15.6 Å². The smallest absolute Gasteiger partial charge is 0.350 e. The zero-order valence-electron chi connectivity index (χ0n) is 13.6. The standard InChI is InChI=1S/C15H16FN5O5/c1-6-4-18-10(11(19-6)13(17)24)7-2-3-21(15(25)20-7)14-9(16)12(23)8(5-22)26-14/h2-4,8-9,12,14,22-23H,5H2,1H3,(H2,17,24)/t8-,9-,12-,14+/m1/s1. The van der Waals surface area contributed by atoms with Gasteiger partial charge in [-0.05, 0) is 13.0 Å². The third-order valence-electron chi connectivity index (χ3n) is 3.95. The molecule has 1 amide bonds. The van der Waals surface area contributed by atoms with Gasteiger partial charge in [0.1, 0.15) is 17.9 Å². The van der Waals surface area contributed by atoms with Crippen molar-refractivity contribution < 1.29 is 24.1 Å². The fourth-order valence-corrected chi connectivity index (χ4v) is 2.65. The van der Waals surface area contributed by atoms with Crippen LogP contribution in [0.4, 0.5) is 4.39 Å². The molecule has 4 atom stereocenters. The number of nitrogens with two attached hydrogens (primary N) is 1. The Bertz CT molecular complexity index is 904. The van der Waals surface area contributed by atoms with Gasteiger partial charge in [0.2, 0.25) is 0 Å². The van der Waals surface area contributed by atoms with Crippen LogP contribution in [0.3, 0.4) is 0 Å². The number of rotatable bonds is 4. The van der Waals surface area contributed by atoms with Gasteiger partial charge < -0.3 is 20.7 Å². The number of ether oxygens (including phenoxy) is 1. The molecule has 11 heteroatoms. The van der Waals surface area contributed by atoms with Crippen LogP contribution in [-0.4, -0.2) is 60.6 Å². The highest BCUT2D eigenvalue weighted by Gasteiger charge is 2.45. The van der Waals surface area contributed by atoms with Crippen molar-refractivity contribution in [1.29, 1.82) is 0 Å². The van der Waals surface area contributed by atoms with Crippen molar-refractivity contribution in [1.82, 2.24) is 19.5 Å². The van der Waals surface area contributed by atoms with Gasteiger partial charge in [0.25, 0.3) is 5.91 Å². The van der Waals surface area contributed by atoms with Gasteiger partial charge in [-0.15, -0.1) is 0 Å². The molecule has 2 aromatic heterocycles. The summed E-state index contributed by atoms with van der Waals surface area (Å²) in [7, 11) is 0. The Kier molecular flexibility index (Phi) is 4.76. The first-order valence-corrected chi connectivity index (χ1v) is 7.65. The minimum atomic E-state index is -1.92. The van der Waals surface area contributed by atoms with Crippen molar-refractivity contribution in [2.24, 2.45) is 5.73 Å². The maximum atomic E-state index is 14.2. The Balaban J connectivity index is 2.00. The fourth-order valence-electron chi connectivity index (χ4n) is 2.65. The molecule has 0 radical (unpaired) electrons. The van der Waals surface area contributed by atoms with Crippen LogP contribution in [0.5, 0.6) is 0 Å². The van der Waals surface area contributed by atoms with Crippen molar-refractivity contribution >= 4 is 5.91 Å². The lowest BCUT2D eigenvalue weighted by molar-refractivity contribution is -0.0491. The zero-order valence-corrected chi connectivity index (χ0v) is 13.6. The summed E-state index contributed by atoms with van der Waals surface area (Å²) >= 11 is 0. The molecule has 0 spiro atoms. The average Bonchev–Trinajstić information content (AvgIpc) is 2.89. The Hall–Kier alpha value is -2.76. The van der Waals surface area contributed by atoms with Gasteiger partial charge in [0, 0.05) is 12.4 Å². The second-order valence-corrected chi connectivity index (χ2v) is 5.76. The van der Waals surface area contributed by atoms with Crippen LogP contribution >= 0.6 is 0 Å². The Morgan fingerprint density at radius 3 is 2.77 bits per heavy atom. The summed E-state index contributed by atoms with van der Waals surface area (Å²) in [6, 6.07) is 1.32. The fraction of sp³-hybridized carbons (Fsp3) is 0.400. The van der Waals surface area contributed by atoms with Gasteiger partial charge >= 0.3 is 5.69 Å². The van der Waals surface area contributed by atoms with Crippen LogP contribution in [0.2, 0.25) is 0 Å². The van der Waals surface area contributed by atoms with Gasteiger partial charge in [-0.3, -0.25) is 14.3 Å². The number of carbonyl (C=O) groups is 1. The predicted octanol–water partition coefficient (Wildman–Crippen LogP) is -1.30. The van der Waals surface area contributed by atoms with Gasteiger partial charge in [-0.25, -0.2) is 14.2 Å². The van der Waals surface area contributed by atoms with Gasteiger partial charge in [-0.1, -0.05) is 0 Å². The first-order chi connectivity index (χ1) is 12.3. The molecular formula is C15H16FN5O5. The highest BCUT2D eigenvalue weighted by atomic mass is 19.1. The molecule has 1 aliphatic heterocycles. The molecule has 0 aliphatic carbocycles. The molecule has 1 aliphatic rings. The highest BCUT2D eigenvalue weighted by molar-refractivity contribution is 5.96. The van der Waals surface area contributed by atoms with E-state index in [2.05, 4.69) is 15.0 Å². The molecule has 0 unspecified atom stereocenters.